The van der Waals surface area contributed by atoms with Crippen molar-refractivity contribution in [2.45, 2.75) is 12.5 Å². The largest absolute Gasteiger partial charge is 0.409 e. The van der Waals surface area contributed by atoms with Crippen LogP contribution in [0.1, 0.15) is 16.4 Å². The molecule has 1 amide bonds. The molecule has 7 heteroatoms. The normalized spacial score (nSPS) is 12.9. The lowest BCUT2D eigenvalue weighted by atomic mass is 9.97. The Morgan fingerprint density at radius 2 is 2.14 bits per heavy atom. The molecule has 0 fully saturated rings. The van der Waals surface area contributed by atoms with Crippen LogP contribution in [0.25, 0.3) is 0 Å². The Balaban J connectivity index is 2.12. The third-order valence-electron chi connectivity index (χ3n) is 2.86. The van der Waals surface area contributed by atoms with Crippen molar-refractivity contribution in [3.05, 3.63) is 56.7 Å². The van der Waals surface area contributed by atoms with E-state index in [1.165, 1.54) is 0 Å². The Morgan fingerprint density at radius 3 is 2.71 bits per heavy atom. The summed E-state index contributed by atoms with van der Waals surface area (Å²) >= 11 is 4.91. The zero-order chi connectivity index (χ0) is 15.2. The molecule has 0 aliphatic heterocycles. The Bertz CT molecular complexity index is 643. The molecule has 1 atom stereocenters. The summed E-state index contributed by atoms with van der Waals surface area (Å²) < 4.78 is 0.979. The summed E-state index contributed by atoms with van der Waals surface area (Å²) in [7, 11) is 0. The third kappa shape index (κ3) is 4.05. The number of carbonyl (C=O) groups excluding carboxylic acids is 1. The minimum Gasteiger partial charge on any atom is -0.409 e. The summed E-state index contributed by atoms with van der Waals surface area (Å²) in [6, 6.07) is 10.9. The molecule has 2 rings (SSSR count). The molecule has 0 aliphatic carbocycles. The van der Waals surface area contributed by atoms with E-state index in [2.05, 4.69) is 26.4 Å². The number of amidine groups is 1. The molecule has 0 aliphatic rings. The van der Waals surface area contributed by atoms with Gasteiger partial charge in [-0.25, -0.2) is 0 Å². The van der Waals surface area contributed by atoms with E-state index < -0.39 is 5.92 Å². The summed E-state index contributed by atoms with van der Waals surface area (Å²) in [5.74, 6) is -1.24. The van der Waals surface area contributed by atoms with Crippen LogP contribution in [0.2, 0.25) is 0 Å². The SMILES string of the molecule is NC(=NO)C(C(=O)NCc1cc(Br)cs1)c1ccccc1. The average Bonchev–Trinajstić information content (AvgIpc) is 2.92. The Morgan fingerprint density at radius 1 is 1.43 bits per heavy atom. The van der Waals surface area contributed by atoms with Gasteiger partial charge in [0.05, 0.1) is 6.54 Å². The number of oxime groups is 1. The molecule has 1 unspecified atom stereocenters. The molecule has 0 spiro atoms. The van der Waals surface area contributed by atoms with E-state index >= 15 is 0 Å². The van der Waals surface area contributed by atoms with Crippen LogP contribution < -0.4 is 11.1 Å². The fourth-order valence-corrected chi connectivity index (χ4v) is 3.27. The molecule has 1 heterocycles. The highest BCUT2D eigenvalue weighted by molar-refractivity contribution is 9.10. The highest BCUT2D eigenvalue weighted by Crippen LogP contribution is 2.20. The maximum atomic E-state index is 12.3. The molecular formula is C14H14BrN3O2S. The minimum atomic E-state index is -0.806. The van der Waals surface area contributed by atoms with Gasteiger partial charge in [-0.3, -0.25) is 4.79 Å². The third-order valence-corrected chi connectivity index (χ3v) is 4.56. The van der Waals surface area contributed by atoms with Crippen molar-refractivity contribution in [3.63, 3.8) is 0 Å². The van der Waals surface area contributed by atoms with Crippen molar-refractivity contribution >= 4 is 39.0 Å². The predicted octanol–water partition coefficient (Wildman–Crippen LogP) is 2.66. The van der Waals surface area contributed by atoms with Gasteiger partial charge in [0.2, 0.25) is 5.91 Å². The molecule has 0 saturated heterocycles. The Kier molecular flexibility index (Phi) is 5.35. The number of carbonyl (C=O) groups is 1. The van der Waals surface area contributed by atoms with Gasteiger partial charge in [0.25, 0.3) is 0 Å². The standard InChI is InChI=1S/C14H14BrN3O2S/c15-10-6-11(21-8-10)7-17-14(19)12(13(16)18-20)9-4-2-1-3-5-9/h1-6,8,12,20H,7H2,(H2,16,18)(H,17,19). The number of nitrogens with one attached hydrogen (secondary N) is 1. The first-order valence-electron chi connectivity index (χ1n) is 6.15. The highest BCUT2D eigenvalue weighted by atomic mass is 79.9. The van der Waals surface area contributed by atoms with Gasteiger partial charge in [-0.1, -0.05) is 35.5 Å². The van der Waals surface area contributed by atoms with Gasteiger partial charge in [0.1, 0.15) is 5.92 Å². The molecule has 0 bridgehead atoms. The van der Waals surface area contributed by atoms with Gasteiger partial charge in [-0.05, 0) is 27.6 Å². The van der Waals surface area contributed by atoms with E-state index in [4.69, 9.17) is 10.9 Å². The van der Waals surface area contributed by atoms with Crippen molar-refractivity contribution in [2.75, 3.05) is 0 Å². The van der Waals surface area contributed by atoms with Crippen molar-refractivity contribution < 1.29 is 10.0 Å². The van der Waals surface area contributed by atoms with Gasteiger partial charge >= 0.3 is 0 Å². The second-order valence-corrected chi connectivity index (χ2v) is 6.23. The van der Waals surface area contributed by atoms with Crippen LogP contribution in [-0.2, 0) is 11.3 Å². The summed E-state index contributed by atoms with van der Waals surface area (Å²) in [4.78, 5) is 13.3. The topological polar surface area (TPSA) is 87.7 Å². The van der Waals surface area contributed by atoms with Gasteiger partial charge in [0, 0.05) is 14.7 Å². The van der Waals surface area contributed by atoms with E-state index in [1.807, 2.05) is 17.5 Å². The zero-order valence-electron chi connectivity index (χ0n) is 11.0. The van der Waals surface area contributed by atoms with Crippen molar-refractivity contribution in [3.8, 4) is 0 Å². The molecule has 110 valence electrons. The maximum Gasteiger partial charge on any atom is 0.235 e. The lowest BCUT2D eigenvalue weighted by Gasteiger charge is -2.15. The van der Waals surface area contributed by atoms with Gasteiger partial charge in [-0.2, -0.15) is 0 Å². The van der Waals surface area contributed by atoms with Gasteiger partial charge in [0.15, 0.2) is 5.84 Å². The fourth-order valence-electron chi connectivity index (χ4n) is 1.88. The second-order valence-electron chi connectivity index (χ2n) is 4.32. The Labute approximate surface area is 134 Å². The van der Waals surface area contributed by atoms with Crippen molar-refractivity contribution in [1.29, 1.82) is 0 Å². The molecule has 1 aromatic heterocycles. The first kappa shape index (κ1) is 15.5. The quantitative estimate of drug-likeness (QED) is 0.328. The fraction of sp³-hybridized carbons (Fsp3) is 0.143. The van der Waals surface area contributed by atoms with Crippen molar-refractivity contribution in [2.24, 2.45) is 10.9 Å². The molecule has 1 aromatic carbocycles. The zero-order valence-corrected chi connectivity index (χ0v) is 13.4. The summed E-state index contributed by atoms with van der Waals surface area (Å²) in [5.41, 5.74) is 6.34. The molecule has 2 aromatic rings. The monoisotopic (exact) mass is 367 g/mol. The van der Waals surface area contributed by atoms with Gasteiger partial charge < -0.3 is 16.3 Å². The van der Waals surface area contributed by atoms with Gasteiger partial charge in [-0.15, -0.1) is 11.3 Å². The van der Waals surface area contributed by atoms with Crippen LogP contribution in [-0.4, -0.2) is 17.0 Å². The van der Waals surface area contributed by atoms with Crippen LogP contribution in [0, 0.1) is 0 Å². The second kappa shape index (κ2) is 7.24. The number of amides is 1. The van der Waals surface area contributed by atoms with E-state index in [9.17, 15) is 4.79 Å². The minimum absolute atomic E-state index is 0.133. The first-order chi connectivity index (χ1) is 10.1. The molecule has 21 heavy (non-hydrogen) atoms. The molecule has 4 N–H and O–H groups in total. The first-order valence-corrected chi connectivity index (χ1v) is 7.82. The molecular weight excluding hydrogens is 354 g/mol. The molecule has 0 radical (unpaired) electrons. The number of nitrogens with two attached hydrogens (primary N) is 1. The van der Waals surface area contributed by atoms with Crippen LogP contribution in [0.3, 0.4) is 0 Å². The van der Waals surface area contributed by atoms with Crippen LogP contribution in [0.5, 0.6) is 0 Å². The van der Waals surface area contributed by atoms with E-state index in [-0.39, 0.29) is 11.7 Å². The number of nitrogens with zero attached hydrogens (tertiary/aromatic N) is 1. The van der Waals surface area contributed by atoms with Crippen LogP contribution >= 0.6 is 27.3 Å². The molecule has 5 nitrogen and oxygen atoms in total. The summed E-state index contributed by atoms with van der Waals surface area (Å²) in [5, 5.41) is 16.6. The number of benzene rings is 1. The maximum absolute atomic E-state index is 12.3. The van der Waals surface area contributed by atoms with Crippen molar-refractivity contribution in [1.82, 2.24) is 5.32 Å². The Hall–Kier alpha value is -1.86. The number of hydrogen-bond donors (Lipinski definition) is 3. The number of rotatable bonds is 5. The average molecular weight is 368 g/mol. The van der Waals surface area contributed by atoms with Crippen LogP contribution in [0.15, 0.2) is 51.4 Å². The predicted molar refractivity (Wildman–Crippen MR) is 86.5 cm³/mol. The number of hydrogen-bond acceptors (Lipinski definition) is 4. The number of halogens is 1. The highest BCUT2D eigenvalue weighted by Gasteiger charge is 2.25. The van der Waals surface area contributed by atoms with E-state index in [1.54, 1.807) is 35.6 Å². The summed E-state index contributed by atoms with van der Waals surface area (Å²) in [6.07, 6.45) is 0. The lowest BCUT2D eigenvalue weighted by molar-refractivity contribution is -0.121. The lowest BCUT2D eigenvalue weighted by Crippen LogP contribution is -2.36. The number of thiophene rings is 1. The van der Waals surface area contributed by atoms with Crippen LogP contribution in [0.4, 0.5) is 0 Å². The molecule has 0 saturated carbocycles. The van der Waals surface area contributed by atoms with E-state index in [0.717, 1.165) is 9.35 Å². The summed E-state index contributed by atoms with van der Waals surface area (Å²) in [6.45, 7) is 0.400. The van der Waals surface area contributed by atoms with E-state index in [0.29, 0.717) is 12.1 Å². The smallest absolute Gasteiger partial charge is 0.235 e.